The molecule has 5 aliphatic rings. The summed E-state index contributed by atoms with van der Waals surface area (Å²) in [7, 11) is 0. The summed E-state index contributed by atoms with van der Waals surface area (Å²) < 4.78 is 5.31. The fourth-order valence-electron chi connectivity index (χ4n) is 6.38. The average Bonchev–Trinajstić information content (AvgIpc) is 2.69. The van der Waals surface area contributed by atoms with Gasteiger partial charge in [-0.2, -0.15) is 0 Å². The van der Waals surface area contributed by atoms with Crippen LogP contribution in [0.4, 0.5) is 11.4 Å². The first-order valence-corrected chi connectivity index (χ1v) is 11.1. The molecule has 2 N–H and O–H groups in total. The molecule has 4 saturated carbocycles. The molecule has 156 valence electrons. The van der Waals surface area contributed by atoms with Crippen LogP contribution in [0.2, 0.25) is 0 Å². The van der Waals surface area contributed by atoms with Crippen molar-refractivity contribution in [2.45, 2.75) is 32.1 Å². The number of carbonyl (C=O) groups excluding carboxylic acids is 2. The minimum Gasteiger partial charge on any atom is -0.379 e. The monoisotopic (exact) mass is 397 g/mol. The first-order valence-electron chi connectivity index (χ1n) is 11.1. The van der Waals surface area contributed by atoms with E-state index in [4.69, 9.17) is 4.74 Å². The Balaban J connectivity index is 1.14. The molecule has 1 aliphatic heterocycles. The number of nitrogens with one attached hydrogen (secondary N) is 2. The Morgan fingerprint density at radius 3 is 2.00 bits per heavy atom. The van der Waals surface area contributed by atoms with E-state index in [1.54, 1.807) is 0 Å². The summed E-state index contributed by atoms with van der Waals surface area (Å²) in [5, 5.41) is 6.08. The number of nitrogens with zero attached hydrogens (tertiary/aromatic N) is 1. The zero-order valence-corrected chi connectivity index (χ0v) is 16.9. The maximum Gasteiger partial charge on any atom is 0.238 e. The standard InChI is InChI=1S/C23H31N3O3/c27-21(14-26-5-7-29-8-6-26)24-19-1-3-20(4-2-19)25-23(28)22-17-10-15-9-16(12-17)13-18(22)11-15/h1-4,15-18,22H,5-14H2,(H,24,27)(H,25,28). The van der Waals surface area contributed by atoms with Crippen LogP contribution in [0.3, 0.4) is 0 Å². The predicted octanol–water partition coefficient (Wildman–Crippen LogP) is 2.97. The van der Waals surface area contributed by atoms with Gasteiger partial charge < -0.3 is 15.4 Å². The molecule has 4 aliphatic carbocycles. The smallest absolute Gasteiger partial charge is 0.238 e. The van der Waals surface area contributed by atoms with E-state index in [2.05, 4.69) is 15.5 Å². The zero-order chi connectivity index (χ0) is 19.8. The van der Waals surface area contributed by atoms with Crippen molar-refractivity contribution in [3.8, 4) is 0 Å². The lowest BCUT2D eigenvalue weighted by molar-refractivity contribution is -0.132. The molecule has 0 atom stereocenters. The molecule has 5 fully saturated rings. The van der Waals surface area contributed by atoms with E-state index < -0.39 is 0 Å². The Morgan fingerprint density at radius 2 is 1.41 bits per heavy atom. The highest BCUT2D eigenvalue weighted by Gasteiger charge is 2.50. The summed E-state index contributed by atoms with van der Waals surface area (Å²) in [6, 6.07) is 7.50. The summed E-state index contributed by atoms with van der Waals surface area (Å²) in [4.78, 5) is 27.3. The minimum atomic E-state index is -0.0164. The summed E-state index contributed by atoms with van der Waals surface area (Å²) in [5.41, 5.74) is 1.57. The third-order valence-electron chi connectivity index (χ3n) is 7.44. The number of carbonyl (C=O) groups is 2. The van der Waals surface area contributed by atoms with E-state index in [1.165, 1.54) is 32.1 Å². The van der Waals surface area contributed by atoms with Crippen LogP contribution in [0.25, 0.3) is 0 Å². The van der Waals surface area contributed by atoms with Crippen molar-refractivity contribution in [3.63, 3.8) is 0 Å². The van der Waals surface area contributed by atoms with E-state index in [-0.39, 0.29) is 17.7 Å². The number of amides is 2. The maximum atomic E-state index is 13.0. The molecule has 0 aromatic heterocycles. The van der Waals surface area contributed by atoms with Gasteiger partial charge in [0, 0.05) is 30.4 Å². The molecule has 1 aromatic rings. The van der Waals surface area contributed by atoms with Gasteiger partial charge in [-0.1, -0.05) is 0 Å². The molecule has 2 amide bonds. The zero-order valence-electron chi connectivity index (χ0n) is 16.9. The predicted molar refractivity (Wildman–Crippen MR) is 111 cm³/mol. The quantitative estimate of drug-likeness (QED) is 0.801. The van der Waals surface area contributed by atoms with Crippen molar-refractivity contribution in [1.29, 1.82) is 0 Å². The van der Waals surface area contributed by atoms with Crippen LogP contribution in [-0.4, -0.2) is 49.6 Å². The van der Waals surface area contributed by atoms with Crippen LogP contribution in [0.1, 0.15) is 32.1 Å². The first-order chi connectivity index (χ1) is 14.1. The van der Waals surface area contributed by atoms with Crippen molar-refractivity contribution in [2.75, 3.05) is 43.5 Å². The SMILES string of the molecule is O=C(CN1CCOCC1)Nc1ccc(NC(=O)C2C3CC4CC(C3)CC2C4)cc1. The summed E-state index contributed by atoms with van der Waals surface area (Å²) >= 11 is 0. The largest absolute Gasteiger partial charge is 0.379 e. The van der Waals surface area contributed by atoms with Crippen LogP contribution in [0.5, 0.6) is 0 Å². The normalized spacial score (nSPS) is 33.4. The molecule has 6 rings (SSSR count). The average molecular weight is 398 g/mol. The fourth-order valence-corrected chi connectivity index (χ4v) is 6.38. The molecule has 4 bridgehead atoms. The van der Waals surface area contributed by atoms with Crippen molar-refractivity contribution in [2.24, 2.45) is 29.6 Å². The molecule has 0 radical (unpaired) electrons. The topological polar surface area (TPSA) is 70.7 Å². The fraction of sp³-hybridized carbons (Fsp3) is 0.652. The van der Waals surface area contributed by atoms with Crippen LogP contribution in [0.15, 0.2) is 24.3 Å². The lowest BCUT2D eigenvalue weighted by Crippen LogP contribution is -2.49. The molecule has 29 heavy (non-hydrogen) atoms. The van der Waals surface area contributed by atoms with Gasteiger partial charge in [0.2, 0.25) is 11.8 Å². The summed E-state index contributed by atoms with van der Waals surface area (Å²) in [5.74, 6) is 3.30. The molecule has 6 nitrogen and oxygen atoms in total. The Morgan fingerprint density at radius 1 is 0.862 bits per heavy atom. The summed E-state index contributed by atoms with van der Waals surface area (Å²) in [6.45, 7) is 3.34. The van der Waals surface area contributed by atoms with Crippen molar-refractivity contribution in [1.82, 2.24) is 4.90 Å². The molecule has 1 aromatic carbocycles. The molecule has 0 spiro atoms. The Kier molecular flexibility index (Phi) is 5.31. The van der Waals surface area contributed by atoms with Crippen LogP contribution in [-0.2, 0) is 14.3 Å². The van der Waals surface area contributed by atoms with Crippen LogP contribution < -0.4 is 10.6 Å². The second-order valence-corrected chi connectivity index (χ2v) is 9.46. The second kappa shape index (κ2) is 8.07. The van der Waals surface area contributed by atoms with E-state index in [0.29, 0.717) is 31.6 Å². The Hall–Kier alpha value is -1.92. The van der Waals surface area contributed by atoms with Gasteiger partial charge in [-0.3, -0.25) is 14.5 Å². The highest BCUT2D eigenvalue weighted by Crippen LogP contribution is 2.56. The molecule has 1 saturated heterocycles. The van der Waals surface area contributed by atoms with Crippen molar-refractivity contribution >= 4 is 23.2 Å². The van der Waals surface area contributed by atoms with Crippen molar-refractivity contribution in [3.05, 3.63) is 24.3 Å². The van der Waals surface area contributed by atoms with E-state index in [1.807, 2.05) is 24.3 Å². The highest BCUT2D eigenvalue weighted by atomic mass is 16.5. The molecule has 6 heteroatoms. The van der Waals surface area contributed by atoms with Crippen LogP contribution in [0, 0.1) is 29.6 Å². The van der Waals surface area contributed by atoms with E-state index >= 15 is 0 Å². The van der Waals surface area contributed by atoms with Gasteiger partial charge in [-0.05, 0) is 80.0 Å². The number of rotatable bonds is 5. The van der Waals surface area contributed by atoms with Gasteiger partial charge in [-0.15, -0.1) is 0 Å². The third-order valence-corrected chi connectivity index (χ3v) is 7.44. The van der Waals surface area contributed by atoms with Gasteiger partial charge >= 0.3 is 0 Å². The first kappa shape index (κ1) is 19.1. The van der Waals surface area contributed by atoms with Gasteiger partial charge in [0.05, 0.1) is 19.8 Å². The number of hydrogen-bond acceptors (Lipinski definition) is 4. The van der Waals surface area contributed by atoms with Gasteiger partial charge in [0.25, 0.3) is 0 Å². The van der Waals surface area contributed by atoms with E-state index in [0.717, 1.165) is 36.3 Å². The molecule has 0 unspecified atom stereocenters. The number of anilines is 2. The number of benzene rings is 1. The highest BCUT2D eigenvalue weighted by molar-refractivity contribution is 5.94. The molecular weight excluding hydrogens is 366 g/mol. The van der Waals surface area contributed by atoms with Crippen LogP contribution >= 0.6 is 0 Å². The van der Waals surface area contributed by atoms with Crippen molar-refractivity contribution < 1.29 is 14.3 Å². The van der Waals surface area contributed by atoms with E-state index in [9.17, 15) is 9.59 Å². The molecule has 1 heterocycles. The van der Waals surface area contributed by atoms with Gasteiger partial charge in [0.15, 0.2) is 0 Å². The maximum absolute atomic E-state index is 13.0. The number of hydrogen-bond donors (Lipinski definition) is 2. The number of morpholine rings is 1. The minimum absolute atomic E-state index is 0.0164. The van der Waals surface area contributed by atoms with Gasteiger partial charge in [-0.25, -0.2) is 0 Å². The lowest BCUT2D eigenvalue weighted by Gasteiger charge is -2.53. The summed E-state index contributed by atoms with van der Waals surface area (Å²) in [6.07, 6.45) is 6.40. The number of ether oxygens (including phenoxy) is 1. The Bertz CT molecular complexity index is 729. The lowest BCUT2D eigenvalue weighted by atomic mass is 9.51. The Labute approximate surface area is 172 Å². The van der Waals surface area contributed by atoms with Gasteiger partial charge in [0.1, 0.15) is 0 Å². The molecular formula is C23H31N3O3. The third kappa shape index (κ3) is 4.19. The second-order valence-electron chi connectivity index (χ2n) is 9.46.